The number of piperidine rings is 1. The number of carbonyl (C=O) groups excluding carboxylic acids is 1. The highest BCUT2D eigenvalue weighted by molar-refractivity contribution is 7.90. The number of morpholine rings is 1. The zero-order valence-corrected chi connectivity index (χ0v) is 39.0. The van der Waals surface area contributed by atoms with Gasteiger partial charge in [0, 0.05) is 61.6 Å². The van der Waals surface area contributed by atoms with Gasteiger partial charge >= 0.3 is 5.69 Å². The summed E-state index contributed by atoms with van der Waals surface area (Å²) in [6.07, 6.45) is 11.0. The number of ether oxygens (including phenoxy) is 2. The number of rotatable bonds is 13. The van der Waals surface area contributed by atoms with Crippen molar-refractivity contribution >= 4 is 55.8 Å². The van der Waals surface area contributed by atoms with Crippen LogP contribution in [0.25, 0.3) is 11.0 Å². The number of nitro groups is 1. The number of aromatic nitrogens is 3. The number of carbonyl (C=O) groups is 1. The lowest BCUT2D eigenvalue weighted by atomic mass is 9.59. The molecule has 5 heterocycles. The second kappa shape index (κ2) is 18.4. The SMILES string of the molecule is CC(C)c1ccccc1[C@H]1COCCN1C1CC2(CCN(c3ccc(C(=O)NS(=O)(=O)c4cnc(NCC5CCC(C)(O)CC5)c([N+](=O)[O-])c4)c(Oc4cnc5[nH]cc(Cl)c5c4)c3)CC2)C1. The van der Waals surface area contributed by atoms with Gasteiger partial charge in [0.05, 0.1) is 52.8 Å². The number of pyridine rings is 2. The van der Waals surface area contributed by atoms with Gasteiger partial charge in [0.15, 0.2) is 0 Å². The Hall–Kier alpha value is -5.33. The van der Waals surface area contributed by atoms with E-state index in [1.165, 1.54) is 23.4 Å². The number of anilines is 2. The summed E-state index contributed by atoms with van der Waals surface area (Å²) in [7, 11) is -4.66. The van der Waals surface area contributed by atoms with Gasteiger partial charge in [-0.3, -0.25) is 19.8 Å². The molecule has 2 aromatic carbocycles. The van der Waals surface area contributed by atoms with E-state index in [0.29, 0.717) is 54.0 Å². The molecule has 1 spiro atoms. The van der Waals surface area contributed by atoms with Crippen LogP contribution < -0.4 is 19.7 Å². The van der Waals surface area contributed by atoms with Gasteiger partial charge in [-0.2, -0.15) is 0 Å². The Morgan fingerprint density at radius 1 is 1.06 bits per heavy atom. The molecule has 18 heteroatoms. The predicted molar refractivity (Wildman–Crippen MR) is 252 cm³/mol. The molecule has 350 valence electrons. The number of hydrogen-bond donors (Lipinski definition) is 4. The second-order valence-corrected chi connectivity index (χ2v) is 21.3. The Labute approximate surface area is 389 Å². The lowest BCUT2D eigenvalue weighted by molar-refractivity contribution is -0.384. The van der Waals surface area contributed by atoms with Crippen molar-refractivity contribution in [2.45, 2.75) is 101 Å². The maximum absolute atomic E-state index is 14.0. The first-order valence-corrected chi connectivity index (χ1v) is 24.7. The summed E-state index contributed by atoms with van der Waals surface area (Å²) in [5.41, 5.74) is 2.98. The number of H-pyrrole nitrogens is 1. The van der Waals surface area contributed by atoms with Crippen molar-refractivity contribution in [3.05, 3.63) is 105 Å². The smallest absolute Gasteiger partial charge is 0.312 e. The maximum Gasteiger partial charge on any atom is 0.312 e. The van der Waals surface area contributed by atoms with Crippen molar-refractivity contribution in [3.8, 4) is 11.5 Å². The summed E-state index contributed by atoms with van der Waals surface area (Å²) in [5, 5.41) is 26.5. The number of aromatic amines is 1. The summed E-state index contributed by atoms with van der Waals surface area (Å²) in [4.78, 5) is 41.3. The Morgan fingerprint density at radius 3 is 2.56 bits per heavy atom. The summed E-state index contributed by atoms with van der Waals surface area (Å²) >= 11 is 6.40. The van der Waals surface area contributed by atoms with E-state index in [4.69, 9.17) is 21.1 Å². The minimum Gasteiger partial charge on any atom is -0.455 e. The Bertz CT molecular complexity index is 2720. The summed E-state index contributed by atoms with van der Waals surface area (Å²) < 4.78 is 41.9. The molecular weight excluding hydrogens is 884 g/mol. The molecule has 0 bridgehead atoms. The predicted octanol–water partition coefficient (Wildman–Crippen LogP) is 8.73. The van der Waals surface area contributed by atoms with Crippen molar-refractivity contribution < 1.29 is 32.7 Å². The van der Waals surface area contributed by atoms with Crippen LogP contribution in [0.2, 0.25) is 5.02 Å². The van der Waals surface area contributed by atoms with Crippen LogP contribution in [-0.4, -0.2) is 95.2 Å². The fourth-order valence-corrected chi connectivity index (χ4v) is 11.6. The third-order valence-corrected chi connectivity index (χ3v) is 16.0. The normalized spacial score (nSPS) is 22.6. The van der Waals surface area contributed by atoms with Crippen LogP contribution in [-0.2, 0) is 14.8 Å². The van der Waals surface area contributed by atoms with E-state index in [2.05, 4.69) is 72.9 Å². The van der Waals surface area contributed by atoms with Crippen LogP contribution in [0.1, 0.15) is 106 Å². The molecule has 2 aliphatic heterocycles. The number of fused-ring (bicyclic) bond motifs is 1. The second-order valence-electron chi connectivity index (χ2n) is 19.2. The number of hydrogen-bond acceptors (Lipinski definition) is 13. The largest absolute Gasteiger partial charge is 0.455 e. The average Bonchev–Trinajstić information content (AvgIpc) is 3.66. The lowest BCUT2D eigenvalue weighted by Crippen LogP contribution is -2.58. The van der Waals surface area contributed by atoms with Crippen LogP contribution >= 0.6 is 11.6 Å². The number of sulfonamides is 1. The van der Waals surface area contributed by atoms with Crippen molar-refractivity contribution in [1.82, 2.24) is 24.6 Å². The summed E-state index contributed by atoms with van der Waals surface area (Å²) in [5.74, 6) is -0.142. The van der Waals surface area contributed by atoms with Crippen LogP contribution in [0.15, 0.2) is 78.1 Å². The first-order valence-electron chi connectivity index (χ1n) is 22.9. The monoisotopic (exact) mass is 940 g/mol. The number of benzene rings is 2. The molecule has 9 rings (SSSR count). The van der Waals surface area contributed by atoms with Crippen molar-refractivity contribution in [2.75, 3.05) is 49.6 Å². The number of amides is 1. The van der Waals surface area contributed by atoms with Gasteiger partial charge in [-0.15, -0.1) is 0 Å². The quantitative estimate of drug-likeness (QED) is 0.0645. The summed E-state index contributed by atoms with van der Waals surface area (Å²) in [6, 6.07) is 17.1. The molecule has 5 aromatic rings. The van der Waals surface area contributed by atoms with E-state index in [-0.39, 0.29) is 40.3 Å². The number of nitrogens with one attached hydrogen (secondary N) is 3. The molecule has 4 N–H and O–H groups in total. The molecule has 2 saturated carbocycles. The number of halogens is 1. The highest BCUT2D eigenvalue weighted by atomic mass is 35.5. The average molecular weight is 942 g/mol. The van der Waals surface area contributed by atoms with E-state index in [1.54, 1.807) is 31.3 Å². The van der Waals surface area contributed by atoms with Gasteiger partial charge in [0.25, 0.3) is 15.9 Å². The van der Waals surface area contributed by atoms with Gasteiger partial charge in [0.2, 0.25) is 5.82 Å². The van der Waals surface area contributed by atoms with E-state index < -0.39 is 37.0 Å². The lowest BCUT2D eigenvalue weighted by Gasteiger charge is -2.57. The molecule has 3 aromatic heterocycles. The number of aliphatic hydroxyl groups is 1. The Morgan fingerprint density at radius 2 is 1.82 bits per heavy atom. The maximum atomic E-state index is 14.0. The van der Waals surface area contributed by atoms with Gasteiger partial charge in [-0.05, 0) is 105 Å². The topological polar surface area (TPSA) is 205 Å². The molecule has 2 saturated heterocycles. The Kier molecular flexibility index (Phi) is 12.8. The molecule has 16 nitrogen and oxygen atoms in total. The molecule has 4 fully saturated rings. The van der Waals surface area contributed by atoms with Crippen molar-refractivity contribution in [3.63, 3.8) is 0 Å². The third kappa shape index (κ3) is 9.59. The van der Waals surface area contributed by atoms with Crippen LogP contribution in [0.3, 0.4) is 0 Å². The highest BCUT2D eigenvalue weighted by Crippen LogP contribution is 2.53. The minimum absolute atomic E-state index is 0.0794. The first kappa shape index (κ1) is 45.8. The van der Waals surface area contributed by atoms with Crippen LogP contribution in [0, 0.1) is 21.4 Å². The third-order valence-electron chi connectivity index (χ3n) is 14.4. The van der Waals surface area contributed by atoms with Gasteiger partial charge in [0.1, 0.15) is 22.0 Å². The van der Waals surface area contributed by atoms with Gasteiger partial charge < -0.3 is 29.8 Å². The van der Waals surface area contributed by atoms with Crippen molar-refractivity contribution in [1.29, 1.82) is 0 Å². The molecular formula is C48H57ClN8O8S. The van der Waals surface area contributed by atoms with Crippen molar-refractivity contribution in [2.24, 2.45) is 11.3 Å². The van der Waals surface area contributed by atoms with Crippen LogP contribution in [0.4, 0.5) is 17.2 Å². The molecule has 2 aliphatic carbocycles. The van der Waals surface area contributed by atoms with E-state index in [1.807, 2.05) is 0 Å². The van der Waals surface area contributed by atoms with E-state index >= 15 is 0 Å². The minimum atomic E-state index is -4.66. The highest BCUT2D eigenvalue weighted by Gasteiger charge is 2.50. The molecule has 0 unspecified atom stereocenters. The van der Waals surface area contributed by atoms with Crippen LogP contribution in [0.5, 0.6) is 11.5 Å². The van der Waals surface area contributed by atoms with E-state index in [0.717, 1.165) is 82.7 Å². The zero-order valence-electron chi connectivity index (χ0n) is 37.5. The molecule has 1 amide bonds. The number of nitrogens with zero attached hydrogens (tertiary/aromatic N) is 5. The molecule has 4 aliphatic rings. The molecule has 0 radical (unpaired) electrons. The standard InChI is InChI=1S/C48H57ClN8O8S/c1-30(2)36-6-4-5-7-37(36)42-29-64-19-18-56(42)33-23-48(24-33)14-16-55(17-15-48)32-8-9-38(43(20-32)65-34-21-39-40(49)28-53-44(39)51-26-34)46(58)54-66(62,63)35-22-41(57(60)61)45(52-27-35)50-25-31-10-12-47(3,59)13-11-31/h4-9,20-22,26-28,30-31,33,42,59H,10-19,23-25,29H2,1-3H3,(H,50,52)(H,51,53)(H,54,58)/t31?,42-,47?/m1/s1. The van der Waals surface area contributed by atoms with Gasteiger partial charge in [-0.25, -0.2) is 23.1 Å². The molecule has 66 heavy (non-hydrogen) atoms. The van der Waals surface area contributed by atoms with Gasteiger partial charge in [-0.1, -0.05) is 49.7 Å². The fraction of sp³-hybridized carbons (Fsp3) is 0.479. The zero-order chi connectivity index (χ0) is 46.4. The van der Waals surface area contributed by atoms with E-state index in [9.17, 15) is 28.4 Å². The molecule has 1 atom stereocenters. The first-order chi connectivity index (χ1) is 31.6. The fourth-order valence-electron chi connectivity index (χ4n) is 10.4. The Balaban J connectivity index is 0.907. The summed E-state index contributed by atoms with van der Waals surface area (Å²) in [6.45, 7) is 10.6.